The standard InChI is InChI=1S/C21H23N7O2/c1-27-13-14(10-24-27)9-23-21(30)20-18(12-25-28(20)2)26-19(29)8-7-15-11-22-17-6-4-3-5-16(15)17/h3-6,10-13,22H,7-9H2,1-2H3,(H,23,30)(H,26,29). The van der Waals surface area contributed by atoms with Gasteiger partial charge in [0.2, 0.25) is 5.91 Å². The maximum absolute atomic E-state index is 12.6. The number of anilines is 1. The van der Waals surface area contributed by atoms with Crippen molar-refractivity contribution in [3.05, 3.63) is 65.9 Å². The molecule has 3 aromatic heterocycles. The summed E-state index contributed by atoms with van der Waals surface area (Å²) >= 11 is 0. The summed E-state index contributed by atoms with van der Waals surface area (Å²) in [6.07, 6.45) is 7.84. The lowest BCUT2D eigenvalue weighted by Gasteiger charge is -2.08. The Morgan fingerprint density at radius 3 is 2.77 bits per heavy atom. The van der Waals surface area contributed by atoms with Gasteiger partial charge in [-0.05, 0) is 18.1 Å². The van der Waals surface area contributed by atoms with Crippen molar-refractivity contribution in [1.29, 1.82) is 0 Å². The van der Waals surface area contributed by atoms with E-state index in [0.29, 0.717) is 30.8 Å². The van der Waals surface area contributed by atoms with E-state index in [1.54, 1.807) is 17.9 Å². The second-order valence-electron chi connectivity index (χ2n) is 7.14. The average Bonchev–Trinajstić information content (AvgIpc) is 3.43. The molecule has 0 fully saturated rings. The van der Waals surface area contributed by atoms with E-state index in [2.05, 4.69) is 25.8 Å². The fraction of sp³-hybridized carbons (Fsp3) is 0.238. The summed E-state index contributed by atoms with van der Waals surface area (Å²) in [5.74, 6) is -0.486. The van der Waals surface area contributed by atoms with E-state index in [1.807, 2.05) is 43.7 Å². The average molecular weight is 405 g/mol. The van der Waals surface area contributed by atoms with Gasteiger partial charge in [0.15, 0.2) is 0 Å². The molecule has 0 saturated heterocycles. The second kappa shape index (κ2) is 8.24. The molecule has 0 bridgehead atoms. The van der Waals surface area contributed by atoms with Gasteiger partial charge in [-0.3, -0.25) is 19.0 Å². The van der Waals surface area contributed by atoms with Gasteiger partial charge in [-0.1, -0.05) is 18.2 Å². The van der Waals surface area contributed by atoms with Crippen LogP contribution in [0, 0.1) is 0 Å². The number of H-pyrrole nitrogens is 1. The first-order chi connectivity index (χ1) is 14.5. The topological polar surface area (TPSA) is 110 Å². The van der Waals surface area contributed by atoms with E-state index in [-0.39, 0.29) is 11.8 Å². The summed E-state index contributed by atoms with van der Waals surface area (Å²) in [5.41, 5.74) is 3.72. The zero-order chi connectivity index (χ0) is 21.1. The van der Waals surface area contributed by atoms with Crippen LogP contribution in [-0.4, -0.2) is 36.4 Å². The molecule has 4 aromatic rings. The van der Waals surface area contributed by atoms with E-state index in [9.17, 15) is 9.59 Å². The van der Waals surface area contributed by atoms with Crippen molar-refractivity contribution < 1.29 is 9.59 Å². The number of benzene rings is 1. The quantitative estimate of drug-likeness (QED) is 0.437. The Morgan fingerprint density at radius 1 is 1.13 bits per heavy atom. The smallest absolute Gasteiger partial charge is 0.271 e. The molecule has 154 valence electrons. The summed E-state index contributed by atoms with van der Waals surface area (Å²) in [4.78, 5) is 28.4. The minimum absolute atomic E-state index is 0.172. The first-order valence-electron chi connectivity index (χ1n) is 9.64. The second-order valence-corrected chi connectivity index (χ2v) is 7.14. The number of aryl methyl sites for hydroxylation is 3. The molecule has 1 aromatic carbocycles. The molecule has 0 aliphatic carbocycles. The Balaban J connectivity index is 1.38. The van der Waals surface area contributed by atoms with E-state index >= 15 is 0 Å². The van der Waals surface area contributed by atoms with Gasteiger partial charge in [0, 0.05) is 55.9 Å². The van der Waals surface area contributed by atoms with Crippen molar-refractivity contribution in [2.75, 3.05) is 5.32 Å². The van der Waals surface area contributed by atoms with Gasteiger partial charge >= 0.3 is 0 Å². The summed E-state index contributed by atoms with van der Waals surface area (Å²) in [6, 6.07) is 7.99. The maximum Gasteiger partial charge on any atom is 0.271 e. The van der Waals surface area contributed by atoms with E-state index in [4.69, 9.17) is 0 Å². The van der Waals surface area contributed by atoms with Crippen LogP contribution in [-0.2, 0) is 31.9 Å². The maximum atomic E-state index is 12.6. The number of amides is 2. The Labute approximate surface area is 173 Å². The third-order valence-electron chi connectivity index (χ3n) is 4.94. The Bertz CT molecular complexity index is 1200. The molecule has 0 unspecified atom stereocenters. The molecular weight excluding hydrogens is 382 g/mol. The molecular formula is C21H23N7O2. The van der Waals surface area contributed by atoms with Crippen LogP contribution >= 0.6 is 0 Å². The number of aromatic amines is 1. The van der Waals surface area contributed by atoms with Gasteiger partial charge in [0.1, 0.15) is 5.69 Å². The lowest BCUT2D eigenvalue weighted by molar-refractivity contribution is -0.116. The number of hydrogen-bond acceptors (Lipinski definition) is 4. The van der Waals surface area contributed by atoms with Gasteiger partial charge in [0.25, 0.3) is 5.91 Å². The molecule has 0 aliphatic heterocycles. The SMILES string of the molecule is Cn1cc(CNC(=O)c2c(NC(=O)CCc3c[nH]c4ccccc34)cnn2C)cn1. The molecule has 0 spiro atoms. The molecule has 9 heteroatoms. The monoisotopic (exact) mass is 405 g/mol. The molecule has 0 aliphatic rings. The summed E-state index contributed by atoms with van der Waals surface area (Å²) in [5, 5.41) is 15.0. The van der Waals surface area contributed by atoms with Crippen LogP contribution in [0.15, 0.2) is 49.1 Å². The minimum Gasteiger partial charge on any atom is -0.361 e. The Morgan fingerprint density at radius 2 is 1.97 bits per heavy atom. The zero-order valence-corrected chi connectivity index (χ0v) is 16.8. The van der Waals surface area contributed by atoms with E-state index in [1.165, 1.54) is 10.9 Å². The zero-order valence-electron chi connectivity index (χ0n) is 16.8. The van der Waals surface area contributed by atoms with Crippen LogP contribution in [0.3, 0.4) is 0 Å². The van der Waals surface area contributed by atoms with Gasteiger partial charge < -0.3 is 15.6 Å². The van der Waals surface area contributed by atoms with Crippen molar-refractivity contribution in [2.24, 2.45) is 14.1 Å². The highest BCUT2D eigenvalue weighted by Gasteiger charge is 2.19. The van der Waals surface area contributed by atoms with Crippen molar-refractivity contribution in [1.82, 2.24) is 29.9 Å². The minimum atomic E-state index is -0.314. The fourth-order valence-electron chi connectivity index (χ4n) is 3.43. The highest BCUT2D eigenvalue weighted by Crippen LogP contribution is 2.20. The van der Waals surface area contributed by atoms with E-state index < -0.39 is 0 Å². The molecule has 9 nitrogen and oxygen atoms in total. The molecule has 0 atom stereocenters. The Kier molecular flexibility index (Phi) is 5.34. The molecule has 0 radical (unpaired) electrons. The van der Waals surface area contributed by atoms with Crippen LogP contribution in [0.4, 0.5) is 5.69 Å². The lowest BCUT2D eigenvalue weighted by atomic mass is 10.1. The highest BCUT2D eigenvalue weighted by atomic mass is 16.2. The number of rotatable bonds is 7. The Hall–Kier alpha value is -3.88. The first kappa shape index (κ1) is 19.4. The van der Waals surface area contributed by atoms with Crippen LogP contribution in [0.1, 0.15) is 28.0 Å². The lowest BCUT2D eigenvalue weighted by Crippen LogP contribution is -2.26. The number of nitrogens with one attached hydrogen (secondary N) is 3. The molecule has 3 N–H and O–H groups in total. The normalized spacial score (nSPS) is 11.0. The predicted octanol–water partition coefficient (Wildman–Crippen LogP) is 2.14. The van der Waals surface area contributed by atoms with Crippen LogP contribution < -0.4 is 10.6 Å². The summed E-state index contributed by atoms with van der Waals surface area (Å²) in [7, 11) is 3.48. The van der Waals surface area contributed by atoms with Gasteiger partial charge in [-0.15, -0.1) is 0 Å². The molecule has 2 amide bonds. The summed E-state index contributed by atoms with van der Waals surface area (Å²) in [6.45, 7) is 0.339. The predicted molar refractivity (Wildman–Crippen MR) is 113 cm³/mol. The molecule has 4 rings (SSSR count). The van der Waals surface area contributed by atoms with Gasteiger partial charge in [0.05, 0.1) is 18.1 Å². The fourth-order valence-corrected chi connectivity index (χ4v) is 3.43. The molecule has 3 heterocycles. The van der Waals surface area contributed by atoms with Crippen molar-refractivity contribution in [2.45, 2.75) is 19.4 Å². The van der Waals surface area contributed by atoms with Crippen LogP contribution in [0.25, 0.3) is 10.9 Å². The van der Waals surface area contributed by atoms with Crippen molar-refractivity contribution in [3.63, 3.8) is 0 Å². The number of hydrogen-bond donors (Lipinski definition) is 3. The number of carbonyl (C=O) groups excluding carboxylic acids is 2. The summed E-state index contributed by atoms with van der Waals surface area (Å²) < 4.78 is 3.12. The number of carbonyl (C=O) groups is 2. The van der Waals surface area contributed by atoms with Crippen LogP contribution in [0.5, 0.6) is 0 Å². The van der Waals surface area contributed by atoms with E-state index in [0.717, 1.165) is 22.0 Å². The first-order valence-corrected chi connectivity index (χ1v) is 9.64. The molecule has 0 saturated carbocycles. The van der Waals surface area contributed by atoms with Gasteiger partial charge in [-0.2, -0.15) is 10.2 Å². The highest BCUT2D eigenvalue weighted by molar-refractivity contribution is 6.02. The third-order valence-corrected chi connectivity index (χ3v) is 4.94. The molecule has 30 heavy (non-hydrogen) atoms. The number of para-hydroxylation sites is 1. The number of fused-ring (bicyclic) bond motifs is 1. The van der Waals surface area contributed by atoms with Crippen LogP contribution in [0.2, 0.25) is 0 Å². The number of nitrogens with zero attached hydrogens (tertiary/aromatic N) is 4. The largest absolute Gasteiger partial charge is 0.361 e. The van der Waals surface area contributed by atoms with Crippen molar-refractivity contribution >= 4 is 28.4 Å². The third kappa shape index (κ3) is 4.09. The van der Waals surface area contributed by atoms with Gasteiger partial charge in [-0.25, -0.2) is 0 Å². The number of aromatic nitrogens is 5. The van der Waals surface area contributed by atoms with Crippen molar-refractivity contribution in [3.8, 4) is 0 Å².